The highest BCUT2D eigenvalue weighted by molar-refractivity contribution is 6.30. The molecule has 17 heavy (non-hydrogen) atoms. The minimum absolute atomic E-state index is 0. The molecule has 0 aliphatic rings. The Morgan fingerprint density at radius 1 is 1.59 bits per heavy atom. The van der Waals surface area contributed by atoms with Gasteiger partial charge in [-0.15, -0.1) is 12.4 Å². The van der Waals surface area contributed by atoms with Crippen LogP contribution in [0.25, 0.3) is 0 Å². The molecule has 1 amide bonds. The summed E-state index contributed by atoms with van der Waals surface area (Å²) < 4.78 is 12.9. The molecule has 0 fully saturated rings. The van der Waals surface area contributed by atoms with Crippen LogP contribution < -0.4 is 11.1 Å². The molecule has 0 aliphatic heterocycles. The Labute approximate surface area is 111 Å². The summed E-state index contributed by atoms with van der Waals surface area (Å²) in [6.07, 6.45) is 0.277. The maximum absolute atomic E-state index is 12.9. The zero-order valence-electron chi connectivity index (χ0n) is 9.37. The van der Waals surface area contributed by atoms with Crippen molar-refractivity contribution in [2.75, 3.05) is 6.54 Å². The van der Waals surface area contributed by atoms with Crippen LogP contribution in [-0.2, 0) is 4.79 Å². The fourth-order valence-corrected chi connectivity index (χ4v) is 1.50. The second-order valence-corrected chi connectivity index (χ2v) is 3.91. The lowest BCUT2D eigenvalue weighted by Gasteiger charge is -2.14. The van der Waals surface area contributed by atoms with Crippen LogP contribution in [0.4, 0.5) is 4.39 Å². The number of hydrogen-bond acceptors (Lipinski definition) is 2. The summed E-state index contributed by atoms with van der Waals surface area (Å²) in [6.45, 7) is 2.11. The van der Waals surface area contributed by atoms with E-state index >= 15 is 0 Å². The van der Waals surface area contributed by atoms with Gasteiger partial charge >= 0.3 is 0 Å². The number of carbonyl (C=O) groups is 1. The Balaban J connectivity index is 0.00000256. The molecule has 0 radical (unpaired) electrons. The van der Waals surface area contributed by atoms with Crippen LogP contribution in [0.3, 0.4) is 0 Å². The monoisotopic (exact) mass is 280 g/mol. The Morgan fingerprint density at radius 3 is 2.76 bits per heavy atom. The summed E-state index contributed by atoms with van der Waals surface area (Å²) in [7, 11) is 0. The maximum atomic E-state index is 12.9. The van der Waals surface area contributed by atoms with Crippen molar-refractivity contribution in [2.24, 2.45) is 5.73 Å². The summed E-state index contributed by atoms with van der Waals surface area (Å²) in [5, 5.41) is 2.80. The molecule has 0 heterocycles. The topological polar surface area (TPSA) is 55.1 Å². The molecular formula is C11H15Cl2FN2O. The number of nitrogens with one attached hydrogen (secondary N) is 1. The van der Waals surface area contributed by atoms with Gasteiger partial charge in [-0.25, -0.2) is 4.39 Å². The second kappa shape index (κ2) is 7.48. The van der Waals surface area contributed by atoms with Gasteiger partial charge in [0.05, 0.1) is 11.1 Å². The lowest BCUT2D eigenvalue weighted by Crippen LogP contribution is -2.28. The van der Waals surface area contributed by atoms with Gasteiger partial charge in [0.15, 0.2) is 0 Å². The van der Waals surface area contributed by atoms with Gasteiger partial charge in [-0.3, -0.25) is 4.79 Å². The molecule has 1 aromatic rings. The van der Waals surface area contributed by atoms with Gasteiger partial charge in [0, 0.05) is 13.0 Å². The third-order valence-corrected chi connectivity index (χ3v) is 2.48. The SMILES string of the molecule is CC(NC(=O)CCN)c1ccc(F)c(Cl)c1.Cl. The molecule has 3 N–H and O–H groups in total. The summed E-state index contributed by atoms with van der Waals surface area (Å²) in [5.74, 6) is -0.596. The molecule has 1 atom stereocenters. The number of carbonyl (C=O) groups excluding carboxylic acids is 1. The van der Waals surface area contributed by atoms with Crippen LogP contribution in [0.5, 0.6) is 0 Å². The van der Waals surface area contributed by atoms with E-state index in [1.165, 1.54) is 12.1 Å². The van der Waals surface area contributed by atoms with E-state index in [1.54, 1.807) is 13.0 Å². The standard InChI is InChI=1S/C11H14ClFN2O.ClH/c1-7(15-11(16)4-5-14)8-2-3-10(13)9(12)6-8;/h2-3,6-7H,4-5,14H2,1H3,(H,15,16);1H. The Kier molecular flexibility index (Phi) is 7.11. The van der Waals surface area contributed by atoms with Crippen molar-refractivity contribution in [2.45, 2.75) is 19.4 Å². The van der Waals surface area contributed by atoms with Crippen molar-refractivity contribution < 1.29 is 9.18 Å². The van der Waals surface area contributed by atoms with E-state index in [2.05, 4.69) is 5.32 Å². The fourth-order valence-electron chi connectivity index (χ4n) is 1.31. The Bertz CT molecular complexity index is 388. The number of amides is 1. The molecule has 0 saturated heterocycles. The lowest BCUT2D eigenvalue weighted by atomic mass is 10.1. The summed E-state index contributed by atoms with van der Waals surface area (Å²) >= 11 is 5.65. The first kappa shape index (κ1) is 16.2. The Morgan fingerprint density at radius 2 is 2.24 bits per heavy atom. The molecule has 1 unspecified atom stereocenters. The Hall–Kier alpha value is -0.840. The first-order valence-corrected chi connectivity index (χ1v) is 5.36. The molecule has 0 aliphatic carbocycles. The van der Waals surface area contributed by atoms with Crippen LogP contribution in [-0.4, -0.2) is 12.5 Å². The molecule has 0 saturated carbocycles. The molecule has 0 aromatic heterocycles. The molecule has 96 valence electrons. The van der Waals surface area contributed by atoms with Gasteiger partial charge in [-0.05, 0) is 24.6 Å². The van der Waals surface area contributed by atoms with Crippen molar-refractivity contribution in [1.29, 1.82) is 0 Å². The third-order valence-electron chi connectivity index (χ3n) is 2.19. The molecule has 0 spiro atoms. The van der Waals surface area contributed by atoms with Crippen molar-refractivity contribution in [3.05, 3.63) is 34.6 Å². The number of nitrogens with two attached hydrogens (primary N) is 1. The van der Waals surface area contributed by atoms with E-state index in [9.17, 15) is 9.18 Å². The van der Waals surface area contributed by atoms with E-state index in [0.717, 1.165) is 5.56 Å². The van der Waals surface area contributed by atoms with E-state index in [1.807, 2.05) is 0 Å². The molecule has 6 heteroatoms. The quantitative estimate of drug-likeness (QED) is 0.890. The molecular weight excluding hydrogens is 266 g/mol. The lowest BCUT2D eigenvalue weighted by molar-refractivity contribution is -0.121. The van der Waals surface area contributed by atoms with Crippen LogP contribution in [0.15, 0.2) is 18.2 Å². The number of rotatable bonds is 4. The van der Waals surface area contributed by atoms with E-state index < -0.39 is 5.82 Å². The van der Waals surface area contributed by atoms with Crippen LogP contribution in [0.1, 0.15) is 24.9 Å². The molecule has 0 bridgehead atoms. The molecule has 1 rings (SSSR count). The summed E-state index contributed by atoms with van der Waals surface area (Å²) in [4.78, 5) is 11.3. The zero-order valence-corrected chi connectivity index (χ0v) is 10.9. The predicted octanol–water partition coefficient (Wildman–Crippen LogP) is 2.43. The highest BCUT2D eigenvalue weighted by Gasteiger charge is 2.10. The zero-order chi connectivity index (χ0) is 12.1. The predicted molar refractivity (Wildman–Crippen MR) is 68.9 cm³/mol. The van der Waals surface area contributed by atoms with Gasteiger partial charge < -0.3 is 11.1 Å². The van der Waals surface area contributed by atoms with Gasteiger partial charge in [-0.2, -0.15) is 0 Å². The maximum Gasteiger partial charge on any atom is 0.221 e. The average molecular weight is 281 g/mol. The van der Waals surface area contributed by atoms with Gasteiger partial charge in [0.25, 0.3) is 0 Å². The van der Waals surface area contributed by atoms with Gasteiger partial charge in [0.1, 0.15) is 5.82 Å². The first-order valence-electron chi connectivity index (χ1n) is 4.99. The van der Waals surface area contributed by atoms with Crippen LogP contribution in [0.2, 0.25) is 5.02 Å². The van der Waals surface area contributed by atoms with E-state index in [0.29, 0.717) is 6.54 Å². The average Bonchev–Trinajstić information content (AvgIpc) is 2.22. The highest BCUT2D eigenvalue weighted by Crippen LogP contribution is 2.20. The van der Waals surface area contributed by atoms with Crippen LogP contribution in [0, 0.1) is 5.82 Å². The summed E-state index contributed by atoms with van der Waals surface area (Å²) in [6, 6.07) is 4.17. The fraction of sp³-hybridized carbons (Fsp3) is 0.364. The van der Waals surface area contributed by atoms with Crippen LogP contribution >= 0.6 is 24.0 Å². The second-order valence-electron chi connectivity index (χ2n) is 3.50. The highest BCUT2D eigenvalue weighted by atomic mass is 35.5. The summed E-state index contributed by atoms with van der Waals surface area (Å²) in [5.41, 5.74) is 6.02. The largest absolute Gasteiger partial charge is 0.350 e. The van der Waals surface area contributed by atoms with Crippen molar-refractivity contribution in [3.8, 4) is 0 Å². The van der Waals surface area contributed by atoms with Crippen molar-refractivity contribution in [3.63, 3.8) is 0 Å². The number of hydrogen-bond donors (Lipinski definition) is 2. The molecule has 3 nitrogen and oxygen atoms in total. The minimum Gasteiger partial charge on any atom is -0.350 e. The van der Waals surface area contributed by atoms with E-state index in [4.69, 9.17) is 17.3 Å². The van der Waals surface area contributed by atoms with Gasteiger partial charge in [0.2, 0.25) is 5.91 Å². The van der Waals surface area contributed by atoms with Crippen molar-refractivity contribution >= 4 is 29.9 Å². The number of benzene rings is 1. The van der Waals surface area contributed by atoms with Gasteiger partial charge in [-0.1, -0.05) is 17.7 Å². The third kappa shape index (κ3) is 4.89. The molecule has 1 aromatic carbocycles. The normalized spacial score (nSPS) is 11.5. The van der Waals surface area contributed by atoms with E-state index in [-0.39, 0.29) is 35.8 Å². The number of halogens is 3. The smallest absolute Gasteiger partial charge is 0.221 e. The minimum atomic E-state index is -0.467. The van der Waals surface area contributed by atoms with Crippen molar-refractivity contribution in [1.82, 2.24) is 5.32 Å². The first-order chi connectivity index (χ1) is 7.54.